The lowest BCUT2D eigenvalue weighted by Gasteiger charge is -2.41. The molecule has 29 heavy (non-hydrogen) atoms. The van der Waals surface area contributed by atoms with Crippen molar-refractivity contribution in [1.29, 1.82) is 0 Å². The first-order valence-electron chi connectivity index (χ1n) is 9.33. The number of nitrogens with zero attached hydrogens (tertiary/aromatic N) is 1. The zero-order valence-electron chi connectivity index (χ0n) is 16.9. The Hall–Kier alpha value is -3.35. The van der Waals surface area contributed by atoms with Crippen LogP contribution in [0.1, 0.15) is 26.3 Å². The Bertz CT molecular complexity index is 936. The topological polar surface area (TPSA) is 84.9 Å². The Morgan fingerprint density at radius 3 is 2.45 bits per heavy atom. The largest absolute Gasteiger partial charge is 0.479 e. The summed E-state index contributed by atoms with van der Waals surface area (Å²) in [6.45, 7) is 6.29. The molecule has 0 fully saturated rings. The summed E-state index contributed by atoms with van der Waals surface area (Å²) in [6, 6.07) is 14.3. The number of para-hydroxylation sites is 2. The van der Waals surface area contributed by atoms with E-state index in [2.05, 4.69) is 5.32 Å². The maximum atomic E-state index is 12.9. The van der Waals surface area contributed by atoms with Crippen LogP contribution in [-0.4, -0.2) is 36.0 Å². The standard InChI is InChI=1S/C22H24N2O5/c1-14-9-11-16(12-10-14)29-15(2)20(26)28-13-19(25)24-18-8-6-5-7-17(18)23-21(27)22(24,3)4/h5-12,15H,13H2,1-4H3,(H,23,27). The predicted molar refractivity (Wildman–Crippen MR) is 109 cm³/mol. The van der Waals surface area contributed by atoms with Crippen LogP contribution < -0.4 is 15.0 Å². The van der Waals surface area contributed by atoms with E-state index in [4.69, 9.17) is 9.47 Å². The molecule has 2 aromatic carbocycles. The highest BCUT2D eigenvalue weighted by atomic mass is 16.6. The molecule has 0 saturated heterocycles. The van der Waals surface area contributed by atoms with E-state index in [0.717, 1.165) is 5.56 Å². The number of carbonyl (C=O) groups is 3. The third-order valence-corrected chi connectivity index (χ3v) is 4.76. The molecule has 0 bridgehead atoms. The molecule has 1 atom stereocenters. The van der Waals surface area contributed by atoms with Gasteiger partial charge in [-0.3, -0.25) is 14.5 Å². The van der Waals surface area contributed by atoms with Gasteiger partial charge in [0.05, 0.1) is 11.4 Å². The summed E-state index contributed by atoms with van der Waals surface area (Å²) >= 11 is 0. The molecule has 1 unspecified atom stereocenters. The molecular formula is C22H24N2O5. The van der Waals surface area contributed by atoms with Crippen molar-refractivity contribution >= 4 is 29.2 Å². The lowest BCUT2D eigenvalue weighted by molar-refractivity contribution is -0.154. The number of anilines is 2. The maximum Gasteiger partial charge on any atom is 0.347 e. The Morgan fingerprint density at radius 2 is 1.76 bits per heavy atom. The first kappa shape index (κ1) is 20.4. The summed E-state index contributed by atoms with van der Waals surface area (Å²) in [7, 11) is 0. The second-order valence-corrected chi connectivity index (χ2v) is 7.44. The maximum absolute atomic E-state index is 12.9. The molecule has 1 heterocycles. The van der Waals surface area contributed by atoms with Gasteiger partial charge in [0.2, 0.25) is 5.91 Å². The Labute approximate surface area is 169 Å². The minimum Gasteiger partial charge on any atom is -0.479 e. The third kappa shape index (κ3) is 4.23. The van der Waals surface area contributed by atoms with E-state index in [1.54, 1.807) is 57.2 Å². The highest BCUT2D eigenvalue weighted by Crippen LogP contribution is 2.36. The second kappa shape index (κ2) is 7.95. The monoisotopic (exact) mass is 396 g/mol. The fourth-order valence-corrected chi connectivity index (χ4v) is 3.08. The molecule has 0 aromatic heterocycles. The average molecular weight is 396 g/mol. The van der Waals surface area contributed by atoms with Crippen molar-refractivity contribution in [3.05, 3.63) is 54.1 Å². The molecule has 7 nitrogen and oxygen atoms in total. The number of ether oxygens (including phenoxy) is 2. The zero-order valence-corrected chi connectivity index (χ0v) is 16.9. The quantitative estimate of drug-likeness (QED) is 0.785. The van der Waals surface area contributed by atoms with E-state index in [1.807, 2.05) is 19.1 Å². The number of amides is 2. The Balaban J connectivity index is 1.67. The summed E-state index contributed by atoms with van der Waals surface area (Å²) in [5.41, 5.74) is 1.04. The third-order valence-electron chi connectivity index (χ3n) is 4.76. The Kier molecular flexibility index (Phi) is 5.59. The van der Waals surface area contributed by atoms with Crippen LogP contribution >= 0.6 is 0 Å². The molecule has 1 aliphatic heterocycles. The van der Waals surface area contributed by atoms with E-state index in [1.165, 1.54) is 4.90 Å². The van der Waals surface area contributed by atoms with Crippen molar-refractivity contribution in [2.75, 3.05) is 16.8 Å². The van der Waals surface area contributed by atoms with Gasteiger partial charge < -0.3 is 14.8 Å². The number of fused-ring (bicyclic) bond motifs is 1. The van der Waals surface area contributed by atoms with Gasteiger partial charge >= 0.3 is 5.97 Å². The lowest BCUT2D eigenvalue weighted by Crippen LogP contribution is -2.59. The van der Waals surface area contributed by atoms with Crippen LogP contribution in [0, 0.1) is 6.92 Å². The van der Waals surface area contributed by atoms with E-state index in [-0.39, 0.29) is 5.91 Å². The number of aryl methyl sites for hydroxylation is 1. The van der Waals surface area contributed by atoms with Crippen molar-refractivity contribution < 1.29 is 23.9 Å². The summed E-state index contributed by atoms with van der Waals surface area (Å²) < 4.78 is 10.7. The van der Waals surface area contributed by atoms with Gasteiger partial charge in [0, 0.05) is 0 Å². The van der Waals surface area contributed by atoms with Crippen molar-refractivity contribution in [2.24, 2.45) is 0 Å². The molecule has 1 aliphatic rings. The van der Waals surface area contributed by atoms with Crippen LogP contribution in [0.2, 0.25) is 0 Å². The summed E-state index contributed by atoms with van der Waals surface area (Å²) in [6.07, 6.45) is -0.879. The van der Waals surface area contributed by atoms with Crippen LogP contribution in [0.5, 0.6) is 5.75 Å². The van der Waals surface area contributed by atoms with Gasteiger partial charge in [-0.15, -0.1) is 0 Å². The van der Waals surface area contributed by atoms with Gasteiger partial charge in [-0.1, -0.05) is 29.8 Å². The van der Waals surface area contributed by atoms with Crippen LogP contribution in [0.3, 0.4) is 0 Å². The lowest BCUT2D eigenvalue weighted by atomic mass is 9.96. The van der Waals surface area contributed by atoms with Gasteiger partial charge in [-0.25, -0.2) is 4.79 Å². The summed E-state index contributed by atoms with van der Waals surface area (Å²) in [4.78, 5) is 38.9. The van der Waals surface area contributed by atoms with Crippen LogP contribution in [-0.2, 0) is 19.1 Å². The average Bonchev–Trinajstić information content (AvgIpc) is 2.68. The van der Waals surface area contributed by atoms with Crippen molar-refractivity contribution in [1.82, 2.24) is 0 Å². The van der Waals surface area contributed by atoms with E-state index in [0.29, 0.717) is 17.1 Å². The minimum absolute atomic E-state index is 0.313. The number of hydrogen-bond donors (Lipinski definition) is 1. The molecule has 0 saturated carbocycles. The molecule has 0 spiro atoms. The number of esters is 1. The highest BCUT2D eigenvalue weighted by Gasteiger charge is 2.43. The van der Waals surface area contributed by atoms with Crippen molar-refractivity contribution in [3.63, 3.8) is 0 Å². The molecule has 2 amide bonds. The van der Waals surface area contributed by atoms with E-state index >= 15 is 0 Å². The van der Waals surface area contributed by atoms with Crippen molar-refractivity contribution in [3.8, 4) is 5.75 Å². The molecule has 0 aliphatic carbocycles. The first-order chi connectivity index (χ1) is 13.7. The van der Waals surface area contributed by atoms with E-state index in [9.17, 15) is 14.4 Å². The second-order valence-electron chi connectivity index (χ2n) is 7.44. The SMILES string of the molecule is Cc1ccc(OC(C)C(=O)OCC(=O)N2c3ccccc3NC(=O)C2(C)C)cc1. The predicted octanol–water partition coefficient (Wildman–Crippen LogP) is 3.07. The van der Waals surface area contributed by atoms with Gasteiger partial charge in [0.25, 0.3) is 5.91 Å². The smallest absolute Gasteiger partial charge is 0.347 e. The number of rotatable bonds is 5. The number of hydrogen-bond acceptors (Lipinski definition) is 5. The number of benzene rings is 2. The fourth-order valence-electron chi connectivity index (χ4n) is 3.08. The van der Waals surface area contributed by atoms with E-state index < -0.39 is 30.1 Å². The number of nitrogens with one attached hydrogen (secondary N) is 1. The van der Waals surface area contributed by atoms with Gasteiger partial charge in [-0.2, -0.15) is 0 Å². The normalized spacial score (nSPS) is 15.7. The molecule has 2 aromatic rings. The molecule has 1 N–H and O–H groups in total. The fraction of sp³-hybridized carbons (Fsp3) is 0.318. The van der Waals surface area contributed by atoms with Gasteiger partial charge in [0.1, 0.15) is 11.3 Å². The van der Waals surface area contributed by atoms with Crippen LogP contribution in [0.25, 0.3) is 0 Å². The molecule has 7 heteroatoms. The zero-order chi connectivity index (χ0) is 21.2. The van der Waals surface area contributed by atoms with Crippen molar-refractivity contribution in [2.45, 2.75) is 39.3 Å². The van der Waals surface area contributed by atoms with Gasteiger partial charge in [0.15, 0.2) is 12.7 Å². The first-order valence-corrected chi connectivity index (χ1v) is 9.33. The number of carbonyl (C=O) groups excluding carboxylic acids is 3. The van der Waals surface area contributed by atoms with Crippen LogP contribution in [0.15, 0.2) is 48.5 Å². The minimum atomic E-state index is -1.12. The summed E-state index contributed by atoms with van der Waals surface area (Å²) in [5, 5.41) is 2.79. The Morgan fingerprint density at radius 1 is 1.10 bits per heavy atom. The summed E-state index contributed by atoms with van der Waals surface area (Å²) in [5.74, 6) is -0.930. The van der Waals surface area contributed by atoms with Crippen LogP contribution in [0.4, 0.5) is 11.4 Å². The van der Waals surface area contributed by atoms with Gasteiger partial charge in [-0.05, 0) is 52.0 Å². The molecule has 3 rings (SSSR count). The molecule has 152 valence electrons. The highest BCUT2D eigenvalue weighted by molar-refractivity contribution is 6.14. The molecular weight excluding hydrogens is 372 g/mol. The molecule has 0 radical (unpaired) electrons.